The van der Waals surface area contributed by atoms with Gasteiger partial charge in [-0.3, -0.25) is 14.8 Å². The highest BCUT2D eigenvalue weighted by molar-refractivity contribution is 8.00. The van der Waals surface area contributed by atoms with Gasteiger partial charge in [-0.2, -0.15) is 0 Å². The first-order valence-corrected chi connectivity index (χ1v) is 14.7. The Morgan fingerprint density at radius 3 is 1.83 bits per heavy atom. The molecule has 1 aromatic heterocycles. The molecule has 0 bridgehead atoms. The van der Waals surface area contributed by atoms with E-state index in [4.69, 9.17) is 5.21 Å². The molecule has 0 aliphatic rings. The van der Waals surface area contributed by atoms with E-state index in [1.165, 1.54) is 23.5 Å². The van der Waals surface area contributed by atoms with Gasteiger partial charge in [0.2, 0.25) is 0 Å². The van der Waals surface area contributed by atoms with E-state index >= 15 is 0 Å². The van der Waals surface area contributed by atoms with Gasteiger partial charge in [0, 0.05) is 10.6 Å². The van der Waals surface area contributed by atoms with Gasteiger partial charge in [0.15, 0.2) is 0 Å². The number of aromatic nitrogens is 1. The summed E-state index contributed by atoms with van der Waals surface area (Å²) in [5.74, 6) is -0.878. The van der Waals surface area contributed by atoms with Crippen molar-refractivity contribution in [2.45, 2.75) is 48.1 Å². The number of amides is 2. The molecule has 0 aliphatic heterocycles. The lowest BCUT2D eigenvalue weighted by atomic mass is 10.1. The van der Waals surface area contributed by atoms with Crippen LogP contribution in [-0.4, -0.2) is 22.0 Å². The molecule has 0 saturated heterocycles. The molecule has 4 rings (SSSR count). The number of nitroso groups, excluding NO2 is 1. The van der Waals surface area contributed by atoms with Crippen molar-refractivity contribution in [3.63, 3.8) is 0 Å². The first kappa shape index (κ1) is 33.2. The Morgan fingerprint density at radius 1 is 0.756 bits per heavy atom. The number of benzene rings is 3. The summed E-state index contributed by atoms with van der Waals surface area (Å²) in [6.45, 7) is 7.89. The zero-order valence-electron chi connectivity index (χ0n) is 23.4. The standard InChI is InChI=1S/C15H14N2O2S.C14H14N2O2S.C2H6/c1-11-6-5-9-13(10-11)20-14(15(18)16-17-19)12-7-3-2-4-8-12;1-10-6-5-9-12(15-10)19-13(14(17)16-18)11-7-3-2-4-8-11;1-2/h2-10,14H,1H3,(H,16,18,19);2-9,13,18H,1H3,(H,16,17);1-2H3. The summed E-state index contributed by atoms with van der Waals surface area (Å²) in [4.78, 5) is 39.4. The summed E-state index contributed by atoms with van der Waals surface area (Å²) < 4.78 is 0. The van der Waals surface area contributed by atoms with E-state index in [1.807, 2.05) is 136 Å². The van der Waals surface area contributed by atoms with Crippen LogP contribution in [0.4, 0.5) is 0 Å². The molecule has 0 fully saturated rings. The van der Waals surface area contributed by atoms with Crippen molar-refractivity contribution in [3.05, 3.63) is 130 Å². The van der Waals surface area contributed by atoms with E-state index < -0.39 is 22.3 Å². The number of nitrogens with zero attached hydrogens (tertiary/aromatic N) is 2. The highest BCUT2D eigenvalue weighted by Gasteiger charge is 2.23. The predicted molar refractivity (Wildman–Crippen MR) is 165 cm³/mol. The quantitative estimate of drug-likeness (QED) is 0.0805. The number of aryl methyl sites for hydroxylation is 2. The van der Waals surface area contributed by atoms with Crippen molar-refractivity contribution < 1.29 is 14.8 Å². The minimum Gasteiger partial charge on any atom is -0.289 e. The van der Waals surface area contributed by atoms with Crippen LogP contribution < -0.4 is 10.9 Å². The van der Waals surface area contributed by atoms with Crippen LogP contribution in [0.3, 0.4) is 0 Å². The van der Waals surface area contributed by atoms with Gasteiger partial charge < -0.3 is 0 Å². The molecule has 0 saturated carbocycles. The Balaban J connectivity index is 0.000000271. The smallest absolute Gasteiger partial charge is 0.261 e. The molecule has 4 aromatic rings. The van der Waals surface area contributed by atoms with E-state index in [-0.39, 0.29) is 0 Å². The van der Waals surface area contributed by atoms with Crippen LogP contribution >= 0.6 is 23.5 Å². The second kappa shape index (κ2) is 18.4. The second-order valence-electron chi connectivity index (χ2n) is 8.29. The third kappa shape index (κ3) is 11.2. The number of hydrogen-bond donors (Lipinski definition) is 3. The van der Waals surface area contributed by atoms with Gasteiger partial charge in [-0.15, -0.1) is 16.7 Å². The molecule has 3 N–H and O–H groups in total. The molecule has 0 aliphatic carbocycles. The number of carbonyl (C=O) groups is 2. The summed E-state index contributed by atoms with van der Waals surface area (Å²) in [5, 5.41) is 11.1. The van der Waals surface area contributed by atoms with Crippen molar-refractivity contribution in [3.8, 4) is 0 Å². The maximum Gasteiger partial charge on any atom is 0.261 e. The Kier molecular flexibility index (Phi) is 14.9. The molecule has 8 nitrogen and oxygen atoms in total. The average molecular weight is 591 g/mol. The van der Waals surface area contributed by atoms with E-state index in [0.717, 1.165) is 32.3 Å². The van der Waals surface area contributed by atoms with Crippen LogP contribution in [0.2, 0.25) is 0 Å². The monoisotopic (exact) mass is 590 g/mol. The fourth-order valence-corrected chi connectivity index (χ4v) is 5.68. The van der Waals surface area contributed by atoms with Crippen LogP contribution in [0.5, 0.6) is 0 Å². The molecular weight excluding hydrogens is 556 g/mol. The summed E-state index contributed by atoms with van der Waals surface area (Å²) in [5.41, 5.74) is 7.37. The third-order valence-electron chi connectivity index (χ3n) is 5.29. The van der Waals surface area contributed by atoms with Gasteiger partial charge in [-0.05, 0) is 49.2 Å². The molecule has 2 atom stereocenters. The van der Waals surface area contributed by atoms with Gasteiger partial charge >= 0.3 is 0 Å². The Hall–Kier alpha value is -3.99. The summed E-state index contributed by atoms with van der Waals surface area (Å²) >= 11 is 2.70. The van der Waals surface area contributed by atoms with Gasteiger partial charge in [-0.25, -0.2) is 15.9 Å². The lowest BCUT2D eigenvalue weighted by Gasteiger charge is -2.14. The second-order valence-corrected chi connectivity index (χ2v) is 10.6. The van der Waals surface area contributed by atoms with Gasteiger partial charge in [0.25, 0.3) is 11.8 Å². The molecule has 2 unspecified atom stereocenters. The number of pyridine rings is 1. The average Bonchev–Trinajstić information content (AvgIpc) is 3.01. The number of hydrogen-bond acceptors (Lipinski definition) is 8. The van der Waals surface area contributed by atoms with E-state index in [0.29, 0.717) is 0 Å². The molecule has 0 radical (unpaired) electrons. The summed E-state index contributed by atoms with van der Waals surface area (Å²) in [7, 11) is 0. The largest absolute Gasteiger partial charge is 0.289 e. The highest BCUT2D eigenvalue weighted by atomic mass is 32.2. The minimum atomic E-state index is -0.527. The van der Waals surface area contributed by atoms with Crippen LogP contribution in [0.15, 0.2) is 118 Å². The molecule has 3 aromatic carbocycles. The van der Waals surface area contributed by atoms with Crippen LogP contribution in [-0.2, 0) is 9.59 Å². The number of rotatable bonds is 9. The maximum absolute atomic E-state index is 12.0. The number of thioether (sulfide) groups is 2. The van der Waals surface area contributed by atoms with Gasteiger partial charge in [0.1, 0.15) is 10.5 Å². The SMILES string of the molecule is CC.Cc1cccc(SC(C(=O)NN=O)c2ccccc2)c1.Cc1cccc(SC(C(=O)NO)c2ccccc2)n1. The molecule has 214 valence electrons. The number of carbonyl (C=O) groups excluding carboxylic acids is 2. The van der Waals surface area contributed by atoms with Crippen LogP contribution in [0.25, 0.3) is 0 Å². The minimum absolute atomic E-state index is 0.419. The zero-order valence-corrected chi connectivity index (χ0v) is 25.0. The van der Waals surface area contributed by atoms with Crippen molar-refractivity contribution in [1.82, 2.24) is 15.9 Å². The van der Waals surface area contributed by atoms with Crippen molar-refractivity contribution >= 4 is 35.3 Å². The van der Waals surface area contributed by atoms with E-state index in [2.05, 4.69) is 10.3 Å². The fourth-order valence-electron chi connectivity index (χ4n) is 3.49. The first-order valence-electron chi connectivity index (χ1n) is 12.9. The highest BCUT2D eigenvalue weighted by Crippen LogP contribution is 2.36. The molecule has 0 spiro atoms. The molecular formula is C31H34N4O4S2. The van der Waals surface area contributed by atoms with Crippen LogP contribution in [0.1, 0.15) is 46.7 Å². The molecule has 41 heavy (non-hydrogen) atoms. The normalized spacial score (nSPS) is 11.3. The summed E-state index contributed by atoms with van der Waals surface area (Å²) in [6.07, 6.45) is 0. The summed E-state index contributed by atoms with van der Waals surface area (Å²) in [6, 6.07) is 32.1. The van der Waals surface area contributed by atoms with Gasteiger partial charge in [0.05, 0.1) is 10.3 Å². The van der Waals surface area contributed by atoms with Crippen LogP contribution in [0, 0.1) is 18.8 Å². The third-order valence-corrected chi connectivity index (χ3v) is 7.73. The fraction of sp³-hybridized carbons (Fsp3) is 0.194. The van der Waals surface area contributed by atoms with E-state index in [1.54, 1.807) is 5.48 Å². The molecule has 2 amide bonds. The number of nitrogens with one attached hydrogen (secondary N) is 2. The van der Waals surface area contributed by atoms with Crippen molar-refractivity contribution in [2.75, 3.05) is 0 Å². The Bertz CT molecular complexity index is 1370. The lowest BCUT2D eigenvalue weighted by Crippen LogP contribution is -2.24. The van der Waals surface area contributed by atoms with Gasteiger partial charge in [-0.1, -0.05) is 110 Å². The van der Waals surface area contributed by atoms with E-state index in [9.17, 15) is 14.5 Å². The Morgan fingerprint density at radius 2 is 1.32 bits per heavy atom. The van der Waals surface area contributed by atoms with Crippen molar-refractivity contribution in [1.29, 1.82) is 0 Å². The Labute approximate surface area is 249 Å². The number of hydroxylamine groups is 1. The maximum atomic E-state index is 12.0. The van der Waals surface area contributed by atoms with Crippen molar-refractivity contribution in [2.24, 2.45) is 5.29 Å². The topological polar surface area (TPSA) is 121 Å². The molecule has 10 heteroatoms. The lowest BCUT2D eigenvalue weighted by molar-refractivity contribution is -0.128. The molecule has 1 heterocycles. The predicted octanol–water partition coefficient (Wildman–Crippen LogP) is 7.38. The zero-order chi connectivity index (χ0) is 30.0. The first-order chi connectivity index (χ1) is 19.9.